The van der Waals surface area contributed by atoms with Crippen LogP contribution in [-0.2, 0) is 0 Å². The molecule has 0 fully saturated rings. The molecule has 0 saturated heterocycles. The summed E-state index contributed by atoms with van der Waals surface area (Å²) in [6, 6.07) is 0. The van der Waals surface area contributed by atoms with Crippen LogP contribution < -0.4 is 0 Å². The molecule has 0 aromatic carbocycles. The monoisotopic (exact) mass is 113 g/mol. The zero-order valence-corrected chi connectivity index (χ0v) is 6.49. The predicted molar refractivity (Wildman–Crippen MR) is 38.7 cm³/mol. The first-order chi connectivity index (χ1) is 3.72. The van der Waals surface area contributed by atoms with Crippen LogP contribution in [0, 0.1) is 11.8 Å². The van der Waals surface area contributed by atoms with E-state index in [1.807, 2.05) is 0 Å². The molecule has 0 radical (unpaired) electrons. The van der Waals surface area contributed by atoms with Crippen LogP contribution in [0.5, 0.6) is 0 Å². The molecule has 0 aliphatic carbocycles. The minimum Gasteiger partial charge on any atom is -0.0610 e. The second-order valence-electron chi connectivity index (χ2n) is 2.59. The van der Waals surface area contributed by atoms with Gasteiger partial charge >= 0.3 is 0 Å². The van der Waals surface area contributed by atoms with Gasteiger partial charge in [-0.05, 0) is 12.8 Å². The Bertz CT molecular complexity index is 42.0. The van der Waals surface area contributed by atoms with Gasteiger partial charge in [-0.3, -0.25) is 0 Å². The van der Waals surface area contributed by atoms with Crippen molar-refractivity contribution in [2.24, 2.45) is 5.92 Å². The lowest BCUT2D eigenvalue weighted by Gasteiger charge is -2.05. The molecule has 0 spiro atoms. The van der Waals surface area contributed by atoms with Crippen molar-refractivity contribution in [1.29, 1.82) is 0 Å². The van der Waals surface area contributed by atoms with Crippen LogP contribution in [0.1, 0.15) is 40.5 Å². The maximum absolute atomic E-state index is 2.25. The van der Waals surface area contributed by atoms with Crippen LogP contribution in [0.15, 0.2) is 0 Å². The van der Waals surface area contributed by atoms with Gasteiger partial charge in [0.05, 0.1) is 25.7 Å². The van der Waals surface area contributed by atoms with Crippen LogP contribution in [0.3, 0.4) is 0 Å². The largest absolute Gasteiger partial charge is 0.0991 e. The molecule has 0 atom stereocenters. The van der Waals surface area contributed by atoms with Gasteiger partial charge in [0.1, 0.15) is 0 Å². The smallest absolute Gasteiger partial charge is 0.0610 e. The highest BCUT2D eigenvalue weighted by Gasteiger charge is 2.16. The molecule has 0 bridgehead atoms. The van der Waals surface area contributed by atoms with Gasteiger partial charge in [-0.25, -0.2) is 0 Å². The van der Waals surface area contributed by atoms with E-state index in [9.17, 15) is 0 Å². The average molecular weight is 113 g/mol. The van der Waals surface area contributed by atoms with Crippen molar-refractivity contribution in [3.8, 4) is 0 Å². The summed E-state index contributed by atoms with van der Waals surface area (Å²) in [5.74, 6) is 2.45. The summed E-state index contributed by atoms with van der Waals surface area (Å²) in [5.41, 5.74) is 0. The van der Waals surface area contributed by atoms with Crippen LogP contribution in [-0.4, -0.2) is 0 Å². The van der Waals surface area contributed by atoms with Crippen molar-refractivity contribution < 1.29 is 0 Å². The van der Waals surface area contributed by atoms with Gasteiger partial charge in [-0.1, -0.05) is 13.8 Å². The highest BCUT2D eigenvalue weighted by molar-refractivity contribution is 4.84. The zero-order valence-electron chi connectivity index (χ0n) is 6.49. The first kappa shape index (κ1) is 7.87. The molecular formula is C8H17+. The third-order valence-corrected chi connectivity index (χ3v) is 1.80. The Morgan fingerprint density at radius 3 is 1.50 bits per heavy atom. The van der Waals surface area contributed by atoms with Gasteiger partial charge < -0.3 is 0 Å². The van der Waals surface area contributed by atoms with E-state index in [1.165, 1.54) is 12.8 Å². The average Bonchev–Trinajstić information content (AvgIpc) is 1.69. The number of hydrogen-bond acceptors (Lipinski definition) is 0. The summed E-state index contributed by atoms with van der Waals surface area (Å²) in [7, 11) is 0. The topological polar surface area (TPSA) is 0 Å². The van der Waals surface area contributed by atoms with Gasteiger partial charge in [0.2, 0.25) is 0 Å². The van der Waals surface area contributed by atoms with E-state index in [0.29, 0.717) is 0 Å². The van der Waals surface area contributed by atoms with Crippen molar-refractivity contribution >= 4 is 0 Å². The zero-order chi connectivity index (χ0) is 6.57. The van der Waals surface area contributed by atoms with Crippen molar-refractivity contribution in [2.45, 2.75) is 40.5 Å². The third kappa shape index (κ3) is 2.25. The summed E-state index contributed by atoms with van der Waals surface area (Å²) in [5, 5.41) is 0. The molecule has 0 amide bonds. The van der Waals surface area contributed by atoms with E-state index < -0.39 is 0 Å². The molecule has 48 valence electrons. The molecule has 0 nitrogen and oxygen atoms in total. The normalized spacial score (nSPS) is 10.1. The van der Waals surface area contributed by atoms with Crippen LogP contribution >= 0.6 is 0 Å². The predicted octanol–water partition coefficient (Wildman–Crippen LogP) is 3.04. The van der Waals surface area contributed by atoms with E-state index >= 15 is 0 Å². The fourth-order valence-corrected chi connectivity index (χ4v) is 1.11. The Hall–Kier alpha value is -0.130. The molecule has 0 aliphatic heterocycles. The quantitative estimate of drug-likeness (QED) is 0.493. The summed E-state index contributed by atoms with van der Waals surface area (Å²) in [4.78, 5) is 0. The Balaban J connectivity index is 3.35. The molecular weight excluding hydrogens is 96.1 g/mol. The molecule has 0 aromatic heterocycles. The minimum absolute atomic E-state index is 0.870. The minimum atomic E-state index is 0.870. The van der Waals surface area contributed by atoms with Crippen molar-refractivity contribution in [2.75, 3.05) is 0 Å². The van der Waals surface area contributed by atoms with E-state index in [-0.39, 0.29) is 0 Å². The fraction of sp³-hybridized carbons (Fsp3) is 0.875. The van der Waals surface area contributed by atoms with Gasteiger partial charge in [-0.2, -0.15) is 0 Å². The van der Waals surface area contributed by atoms with E-state index in [2.05, 4.69) is 27.7 Å². The molecule has 0 rings (SSSR count). The van der Waals surface area contributed by atoms with Crippen molar-refractivity contribution in [3.63, 3.8) is 0 Å². The molecule has 0 saturated carbocycles. The maximum Gasteiger partial charge on any atom is 0.0991 e. The first-order valence-electron chi connectivity index (χ1n) is 3.52. The number of hydrogen-bond donors (Lipinski definition) is 0. The Morgan fingerprint density at radius 2 is 1.50 bits per heavy atom. The SMILES string of the molecule is CCC(CC)[C+](C)C. The van der Waals surface area contributed by atoms with Gasteiger partial charge in [-0.15, -0.1) is 0 Å². The summed E-state index contributed by atoms with van der Waals surface area (Å²) in [6.45, 7) is 8.94. The Kier molecular flexibility index (Phi) is 3.76. The van der Waals surface area contributed by atoms with E-state index in [4.69, 9.17) is 0 Å². The molecule has 0 heterocycles. The van der Waals surface area contributed by atoms with Crippen molar-refractivity contribution in [1.82, 2.24) is 0 Å². The molecule has 0 aliphatic rings. The number of rotatable bonds is 3. The van der Waals surface area contributed by atoms with Gasteiger partial charge in [0, 0.05) is 0 Å². The summed E-state index contributed by atoms with van der Waals surface area (Å²) >= 11 is 0. The molecule has 8 heavy (non-hydrogen) atoms. The highest BCUT2D eigenvalue weighted by Crippen LogP contribution is 2.19. The lowest BCUT2D eigenvalue weighted by Crippen LogP contribution is -2.02. The second kappa shape index (κ2) is 3.82. The van der Waals surface area contributed by atoms with Gasteiger partial charge in [0.25, 0.3) is 0 Å². The van der Waals surface area contributed by atoms with Crippen LogP contribution in [0.4, 0.5) is 0 Å². The molecule has 0 aromatic rings. The molecule has 0 unspecified atom stereocenters. The highest BCUT2D eigenvalue weighted by atomic mass is 14.1. The van der Waals surface area contributed by atoms with Crippen LogP contribution in [0.2, 0.25) is 0 Å². The lowest BCUT2D eigenvalue weighted by atomic mass is 9.91. The van der Waals surface area contributed by atoms with Crippen LogP contribution in [0.25, 0.3) is 0 Å². The van der Waals surface area contributed by atoms with E-state index in [0.717, 1.165) is 5.92 Å². The maximum atomic E-state index is 2.25. The molecule has 0 heteroatoms. The van der Waals surface area contributed by atoms with E-state index in [1.54, 1.807) is 5.92 Å². The van der Waals surface area contributed by atoms with Crippen molar-refractivity contribution in [3.05, 3.63) is 5.92 Å². The van der Waals surface area contributed by atoms with Gasteiger partial charge in [0.15, 0.2) is 0 Å². The Labute approximate surface area is 53.3 Å². The summed E-state index contributed by atoms with van der Waals surface area (Å²) in [6.07, 6.45) is 2.61. The summed E-state index contributed by atoms with van der Waals surface area (Å²) < 4.78 is 0. The Morgan fingerprint density at radius 1 is 1.12 bits per heavy atom. The fourth-order valence-electron chi connectivity index (χ4n) is 1.11. The second-order valence-corrected chi connectivity index (χ2v) is 2.59. The standard InChI is InChI=1S/C8H17/c1-5-8(6-2)7(3)4/h8H,5-6H2,1-4H3/q+1. The third-order valence-electron chi connectivity index (χ3n) is 1.80. The lowest BCUT2D eigenvalue weighted by molar-refractivity contribution is 0.512. The molecule has 0 N–H and O–H groups in total. The first-order valence-corrected chi connectivity index (χ1v) is 3.52.